The van der Waals surface area contributed by atoms with Crippen LogP contribution in [0.3, 0.4) is 0 Å². The summed E-state index contributed by atoms with van der Waals surface area (Å²) < 4.78 is 5.54. The highest BCUT2D eigenvalue weighted by Crippen LogP contribution is 2.23. The van der Waals surface area contributed by atoms with Crippen molar-refractivity contribution in [3.05, 3.63) is 0 Å². The molecule has 1 saturated heterocycles. The number of nitrogens with one attached hydrogen (secondary N) is 1. The first kappa shape index (κ1) is 11.4. The predicted octanol–water partition coefficient (Wildman–Crippen LogP) is -0.0495. The fourth-order valence-electron chi connectivity index (χ4n) is 1.56. The Hall–Kier alpha value is -0.650. The number of rotatable bonds is 4. The van der Waals surface area contributed by atoms with Crippen molar-refractivity contribution in [2.45, 2.75) is 38.3 Å². The van der Waals surface area contributed by atoms with Crippen LogP contribution in [0.15, 0.2) is 0 Å². The van der Waals surface area contributed by atoms with Crippen molar-refractivity contribution >= 4 is 5.91 Å². The van der Waals surface area contributed by atoms with Gasteiger partial charge in [0.25, 0.3) is 0 Å². The SMILES string of the molecule is CC1(C)CC(NOCC(N)=O)CCO1. The number of hydroxylamine groups is 1. The molecule has 1 unspecified atom stereocenters. The van der Waals surface area contributed by atoms with Crippen molar-refractivity contribution in [3.63, 3.8) is 0 Å². The lowest BCUT2D eigenvalue weighted by molar-refractivity contribution is -0.129. The molecule has 1 rings (SSSR count). The second-order valence-corrected chi connectivity index (χ2v) is 4.17. The summed E-state index contributed by atoms with van der Waals surface area (Å²) in [4.78, 5) is 15.3. The van der Waals surface area contributed by atoms with Crippen molar-refractivity contribution < 1.29 is 14.4 Å². The number of ether oxygens (including phenoxy) is 1. The lowest BCUT2D eigenvalue weighted by Gasteiger charge is -2.35. The number of hydrogen-bond acceptors (Lipinski definition) is 4. The number of hydrogen-bond donors (Lipinski definition) is 2. The van der Waals surface area contributed by atoms with Crippen molar-refractivity contribution in [2.75, 3.05) is 13.2 Å². The van der Waals surface area contributed by atoms with E-state index in [1.54, 1.807) is 0 Å². The highest BCUT2D eigenvalue weighted by Gasteiger charge is 2.28. The predicted molar refractivity (Wildman–Crippen MR) is 51.3 cm³/mol. The Morgan fingerprint density at radius 1 is 1.71 bits per heavy atom. The summed E-state index contributed by atoms with van der Waals surface area (Å²) in [6, 6.07) is 0.234. The maximum atomic E-state index is 10.4. The molecule has 14 heavy (non-hydrogen) atoms. The number of amides is 1. The summed E-state index contributed by atoms with van der Waals surface area (Å²) in [5, 5.41) is 0. The summed E-state index contributed by atoms with van der Waals surface area (Å²) in [6.07, 6.45) is 1.76. The van der Waals surface area contributed by atoms with Crippen molar-refractivity contribution in [3.8, 4) is 0 Å². The van der Waals surface area contributed by atoms with Crippen molar-refractivity contribution in [2.24, 2.45) is 5.73 Å². The highest BCUT2D eigenvalue weighted by molar-refractivity contribution is 5.74. The fourth-order valence-corrected chi connectivity index (χ4v) is 1.56. The maximum Gasteiger partial charge on any atom is 0.245 e. The molecule has 0 spiro atoms. The summed E-state index contributed by atoms with van der Waals surface area (Å²) >= 11 is 0. The molecule has 1 amide bonds. The van der Waals surface area contributed by atoms with Gasteiger partial charge < -0.3 is 10.5 Å². The normalized spacial score (nSPS) is 26.0. The van der Waals surface area contributed by atoms with Crippen LogP contribution < -0.4 is 11.2 Å². The highest BCUT2D eigenvalue weighted by atomic mass is 16.6. The molecule has 0 aliphatic carbocycles. The Morgan fingerprint density at radius 3 is 3.00 bits per heavy atom. The van der Waals surface area contributed by atoms with Crippen LogP contribution in [0.2, 0.25) is 0 Å². The van der Waals surface area contributed by atoms with E-state index in [0.717, 1.165) is 12.8 Å². The van der Waals surface area contributed by atoms with Gasteiger partial charge in [0, 0.05) is 12.6 Å². The van der Waals surface area contributed by atoms with Crippen LogP contribution >= 0.6 is 0 Å². The minimum absolute atomic E-state index is 0.0855. The van der Waals surface area contributed by atoms with Crippen molar-refractivity contribution in [1.82, 2.24) is 5.48 Å². The third-order valence-corrected chi connectivity index (χ3v) is 2.16. The standard InChI is InChI=1S/C9H18N2O3/c1-9(2)5-7(3-4-13-9)11-14-6-8(10)12/h7,11H,3-6H2,1-2H3,(H2,10,12). The maximum absolute atomic E-state index is 10.4. The zero-order valence-electron chi connectivity index (χ0n) is 8.71. The molecule has 1 aliphatic heterocycles. The second kappa shape index (κ2) is 4.72. The Bertz CT molecular complexity index is 206. The van der Waals surface area contributed by atoms with Crippen LogP contribution in [0.4, 0.5) is 0 Å². The average molecular weight is 202 g/mol. The third-order valence-electron chi connectivity index (χ3n) is 2.16. The molecule has 3 N–H and O–H groups in total. The van der Waals surface area contributed by atoms with E-state index >= 15 is 0 Å². The van der Waals surface area contributed by atoms with Gasteiger partial charge in [-0.05, 0) is 26.7 Å². The first-order valence-corrected chi connectivity index (χ1v) is 4.79. The quantitative estimate of drug-likeness (QED) is 0.627. The van der Waals surface area contributed by atoms with Crippen LogP contribution in [-0.2, 0) is 14.4 Å². The van der Waals surface area contributed by atoms with Crippen LogP contribution in [-0.4, -0.2) is 30.8 Å². The number of primary amides is 1. The molecule has 1 atom stereocenters. The molecular weight excluding hydrogens is 184 g/mol. The number of nitrogens with two attached hydrogens (primary N) is 1. The van der Waals surface area contributed by atoms with E-state index in [4.69, 9.17) is 15.3 Å². The molecule has 1 heterocycles. The first-order valence-electron chi connectivity index (χ1n) is 4.79. The lowest BCUT2D eigenvalue weighted by Crippen LogP contribution is -2.44. The van der Waals surface area contributed by atoms with Gasteiger partial charge >= 0.3 is 0 Å². The second-order valence-electron chi connectivity index (χ2n) is 4.17. The molecule has 0 aromatic heterocycles. The van der Waals surface area contributed by atoms with Gasteiger partial charge in [-0.1, -0.05) is 0 Å². The smallest absolute Gasteiger partial charge is 0.245 e. The lowest BCUT2D eigenvalue weighted by atomic mass is 9.95. The molecule has 82 valence electrons. The zero-order chi connectivity index (χ0) is 10.6. The molecule has 0 aromatic rings. The summed E-state index contributed by atoms with van der Waals surface area (Å²) in [5.41, 5.74) is 7.64. The molecule has 5 heteroatoms. The summed E-state index contributed by atoms with van der Waals surface area (Å²) in [7, 11) is 0. The van der Waals surface area contributed by atoms with E-state index < -0.39 is 5.91 Å². The monoisotopic (exact) mass is 202 g/mol. The molecule has 1 fully saturated rings. The topological polar surface area (TPSA) is 73.6 Å². The van der Waals surface area contributed by atoms with E-state index in [0.29, 0.717) is 6.61 Å². The molecule has 0 aromatic carbocycles. The summed E-state index contributed by atoms with van der Waals surface area (Å²) in [6.45, 7) is 4.70. The van der Waals surface area contributed by atoms with Gasteiger partial charge in [0.05, 0.1) is 5.60 Å². The average Bonchev–Trinajstić information content (AvgIpc) is 2.01. The van der Waals surface area contributed by atoms with Gasteiger partial charge in [0.1, 0.15) is 6.61 Å². The van der Waals surface area contributed by atoms with Crippen LogP contribution in [0, 0.1) is 0 Å². The van der Waals surface area contributed by atoms with E-state index in [9.17, 15) is 4.79 Å². The van der Waals surface area contributed by atoms with E-state index in [1.807, 2.05) is 13.8 Å². The first-order chi connectivity index (χ1) is 6.49. The Morgan fingerprint density at radius 2 is 2.43 bits per heavy atom. The van der Waals surface area contributed by atoms with Gasteiger partial charge in [0.15, 0.2) is 0 Å². The molecule has 1 aliphatic rings. The van der Waals surface area contributed by atoms with E-state index in [-0.39, 0.29) is 18.2 Å². The van der Waals surface area contributed by atoms with E-state index in [1.165, 1.54) is 0 Å². The van der Waals surface area contributed by atoms with Gasteiger partial charge in [-0.15, -0.1) is 0 Å². The minimum Gasteiger partial charge on any atom is -0.375 e. The molecular formula is C9H18N2O3. The van der Waals surface area contributed by atoms with Gasteiger partial charge in [-0.2, -0.15) is 5.48 Å². The molecule has 0 saturated carbocycles. The third kappa shape index (κ3) is 4.04. The minimum atomic E-state index is -0.469. The van der Waals surface area contributed by atoms with Gasteiger partial charge in [0.2, 0.25) is 5.91 Å². The Labute approximate surface area is 83.9 Å². The Balaban J connectivity index is 2.21. The summed E-state index contributed by atoms with van der Waals surface area (Å²) in [5.74, 6) is -0.469. The zero-order valence-corrected chi connectivity index (χ0v) is 8.71. The largest absolute Gasteiger partial charge is 0.375 e. The van der Waals surface area contributed by atoms with Crippen molar-refractivity contribution in [1.29, 1.82) is 0 Å². The van der Waals surface area contributed by atoms with Gasteiger partial charge in [-0.25, -0.2) is 0 Å². The van der Waals surface area contributed by atoms with E-state index in [2.05, 4.69) is 5.48 Å². The molecule has 5 nitrogen and oxygen atoms in total. The number of carbonyl (C=O) groups is 1. The molecule has 0 radical (unpaired) electrons. The van der Waals surface area contributed by atoms with Crippen LogP contribution in [0.5, 0.6) is 0 Å². The van der Waals surface area contributed by atoms with Gasteiger partial charge in [-0.3, -0.25) is 9.63 Å². The van der Waals surface area contributed by atoms with Crippen LogP contribution in [0.1, 0.15) is 26.7 Å². The fraction of sp³-hybridized carbons (Fsp3) is 0.889. The molecule has 0 bridgehead atoms. The Kier molecular flexibility index (Phi) is 3.86. The number of carbonyl (C=O) groups excluding carboxylic acids is 1. The van der Waals surface area contributed by atoms with Crippen LogP contribution in [0.25, 0.3) is 0 Å².